The van der Waals surface area contributed by atoms with Crippen molar-refractivity contribution in [1.29, 1.82) is 0 Å². The molecule has 2 aromatic carbocycles. The van der Waals surface area contributed by atoms with E-state index in [9.17, 15) is 13.2 Å². The number of hydrogen-bond acceptors (Lipinski definition) is 6. The molecule has 0 atom stereocenters. The van der Waals surface area contributed by atoms with Crippen LogP contribution in [0, 0.1) is 0 Å². The summed E-state index contributed by atoms with van der Waals surface area (Å²) in [6, 6.07) is 18.5. The Kier molecular flexibility index (Phi) is 6.03. The molecule has 2 aromatic heterocycles. The second kappa shape index (κ2) is 8.93. The van der Waals surface area contributed by atoms with Gasteiger partial charge in [0, 0.05) is 20.2 Å². The number of sulfonamides is 1. The van der Waals surface area contributed by atoms with E-state index in [4.69, 9.17) is 9.15 Å². The Hall–Kier alpha value is -3.89. The van der Waals surface area contributed by atoms with E-state index in [1.807, 2.05) is 30.3 Å². The Morgan fingerprint density at radius 3 is 2.45 bits per heavy atom. The molecular weight excluding hydrogens is 444 g/mol. The Morgan fingerprint density at radius 2 is 1.82 bits per heavy atom. The molecule has 0 saturated carbocycles. The monoisotopic (exact) mass is 466 g/mol. The lowest BCUT2D eigenvalue weighted by atomic mass is 10.2. The van der Waals surface area contributed by atoms with Crippen LogP contribution in [0.4, 0.5) is 5.69 Å². The number of nitrogens with one attached hydrogen (secondary N) is 1. The number of carbonyl (C=O) groups excluding carboxylic acids is 1. The van der Waals surface area contributed by atoms with Crippen LogP contribution in [0.1, 0.15) is 10.5 Å². The number of rotatable bonds is 7. The second-order valence-electron chi connectivity index (χ2n) is 7.24. The predicted octanol–water partition coefficient (Wildman–Crippen LogP) is 3.64. The van der Waals surface area contributed by atoms with Gasteiger partial charge in [-0.3, -0.25) is 4.79 Å². The molecule has 4 rings (SSSR count). The number of hydrogen-bond donors (Lipinski definition) is 1. The number of nitrogens with zero attached hydrogens (tertiary/aromatic N) is 3. The van der Waals surface area contributed by atoms with Crippen molar-refractivity contribution in [2.24, 2.45) is 0 Å². The van der Waals surface area contributed by atoms with E-state index >= 15 is 0 Å². The Labute approximate surface area is 191 Å². The molecular formula is C23H22N4O5S. The van der Waals surface area contributed by atoms with Crippen molar-refractivity contribution < 1.29 is 22.4 Å². The number of furan rings is 1. The number of methoxy groups -OCH3 is 1. The maximum Gasteiger partial charge on any atom is 0.274 e. The molecule has 0 aliphatic heterocycles. The van der Waals surface area contributed by atoms with E-state index < -0.39 is 15.9 Å². The third kappa shape index (κ3) is 4.38. The molecule has 170 valence electrons. The fourth-order valence-corrected chi connectivity index (χ4v) is 4.12. The van der Waals surface area contributed by atoms with E-state index in [0.717, 1.165) is 4.31 Å². The molecule has 0 unspecified atom stereocenters. The van der Waals surface area contributed by atoms with Gasteiger partial charge in [-0.2, -0.15) is 5.10 Å². The lowest BCUT2D eigenvalue weighted by Gasteiger charge is -2.15. The fraction of sp³-hybridized carbons (Fsp3) is 0.130. The lowest BCUT2D eigenvalue weighted by molar-refractivity contribution is 0.101. The summed E-state index contributed by atoms with van der Waals surface area (Å²) in [4.78, 5) is 13.4. The van der Waals surface area contributed by atoms with Crippen LogP contribution in [0.3, 0.4) is 0 Å². The summed E-state index contributed by atoms with van der Waals surface area (Å²) in [5, 5.41) is 7.30. The summed E-state index contributed by atoms with van der Waals surface area (Å²) < 4.78 is 38.5. The minimum Gasteiger partial charge on any atom is -0.495 e. The first-order valence-electron chi connectivity index (χ1n) is 9.92. The highest BCUT2D eigenvalue weighted by molar-refractivity contribution is 7.89. The van der Waals surface area contributed by atoms with Gasteiger partial charge in [-0.1, -0.05) is 18.2 Å². The zero-order valence-corrected chi connectivity index (χ0v) is 19.0. The lowest BCUT2D eigenvalue weighted by Crippen LogP contribution is -2.23. The van der Waals surface area contributed by atoms with E-state index in [1.165, 1.54) is 50.3 Å². The number of benzene rings is 2. The Bertz CT molecular complexity index is 1380. The number of anilines is 1. The summed E-state index contributed by atoms with van der Waals surface area (Å²) in [5.41, 5.74) is 1.60. The van der Waals surface area contributed by atoms with Gasteiger partial charge in [-0.05, 0) is 42.5 Å². The van der Waals surface area contributed by atoms with Crippen molar-refractivity contribution in [3.63, 3.8) is 0 Å². The zero-order valence-electron chi connectivity index (χ0n) is 18.2. The number of ether oxygens (including phenoxy) is 1. The van der Waals surface area contributed by atoms with Crippen LogP contribution in [-0.4, -0.2) is 49.6 Å². The van der Waals surface area contributed by atoms with Crippen LogP contribution >= 0.6 is 0 Å². The average molecular weight is 467 g/mol. The van der Waals surface area contributed by atoms with Crippen molar-refractivity contribution in [3.8, 4) is 22.9 Å². The highest BCUT2D eigenvalue weighted by Crippen LogP contribution is 2.30. The van der Waals surface area contributed by atoms with Crippen LogP contribution in [0.5, 0.6) is 5.75 Å². The van der Waals surface area contributed by atoms with Crippen molar-refractivity contribution >= 4 is 21.6 Å². The van der Waals surface area contributed by atoms with Gasteiger partial charge in [0.2, 0.25) is 10.0 Å². The Balaban J connectivity index is 1.76. The summed E-state index contributed by atoms with van der Waals surface area (Å²) in [7, 11) is 0.608. The van der Waals surface area contributed by atoms with Gasteiger partial charge in [-0.15, -0.1) is 0 Å². The van der Waals surface area contributed by atoms with Gasteiger partial charge in [0.05, 0.1) is 29.6 Å². The SMILES string of the molecule is COc1ccc(S(=O)(=O)N(C)C)cc1NC(=O)c1cc(-c2ccco2)nn1-c1ccccc1. The number of aromatic nitrogens is 2. The molecule has 10 heteroatoms. The molecule has 9 nitrogen and oxygen atoms in total. The average Bonchev–Trinajstić information content (AvgIpc) is 3.49. The first-order valence-corrected chi connectivity index (χ1v) is 11.4. The van der Waals surface area contributed by atoms with Gasteiger partial charge in [0.25, 0.3) is 5.91 Å². The molecule has 0 radical (unpaired) electrons. The van der Waals surface area contributed by atoms with Crippen molar-refractivity contribution in [2.75, 3.05) is 26.5 Å². The van der Waals surface area contributed by atoms with E-state index in [1.54, 1.807) is 18.2 Å². The number of para-hydroxylation sites is 1. The molecule has 0 spiro atoms. The molecule has 0 saturated heterocycles. The highest BCUT2D eigenvalue weighted by atomic mass is 32.2. The molecule has 4 aromatic rings. The van der Waals surface area contributed by atoms with E-state index in [-0.39, 0.29) is 16.3 Å². The van der Waals surface area contributed by atoms with Gasteiger partial charge in [0.1, 0.15) is 17.1 Å². The first-order chi connectivity index (χ1) is 15.8. The van der Waals surface area contributed by atoms with Crippen LogP contribution < -0.4 is 10.1 Å². The topological polar surface area (TPSA) is 107 Å². The van der Waals surface area contributed by atoms with Crippen LogP contribution in [0.25, 0.3) is 17.1 Å². The molecule has 1 amide bonds. The molecule has 0 bridgehead atoms. The third-order valence-electron chi connectivity index (χ3n) is 4.91. The van der Waals surface area contributed by atoms with Crippen molar-refractivity contribution in [1.82, 2.24) is 14.1 Å². The van der Waals surface area contributed by atoms with E-state index in [0.29, 0.717) is 22.9 Å². The second-order valence-corrected chi connectivity index (χ2v) is 9.39. The Morgan fingerprint density at radius 1 is 1.06 bits per heavy atom. The molecule has 1 N–H and O–H groups in total. The third-order valence-corrected chi connectivity index (χ3v) is 6.73. The van der Waals surface area contributed by atoms with Gasteiger partial charge < -0.3 is 14.5 Å². The first kappa shape index (κ1) is 22.3. The predicted molar refractivity (Wildman–Crippen MR) is 123 cm³/mol. The fourth-order valence-electron chi connectivity index (χ4n) is 3.20. The maximum atomic E-state index is 13.3. The largest absolute Gasteiger partial charge is 0.495 e. The molecule has 2 heterocycles. The van der Waals surface area contributed by atoms with Crippen molar-refractivity contribution in [2.45, 2.75) is 4.90 Å². The number of amides is 1. The van der Waals surface area contributed by atoms with Crippen LogP contribution in [0.15, 0.2) is 82.3 Å². The van der Waals surface area contributed by atoms with Gasteiger partial charge in [0.15, 0.2) is 5.76 Å². The summed E-state index contributed by atoms with van der Waals surface area (Å²) in [6.07, 6.45) is 1.53. The highest BCUT2D eigenvalue weighted by Gasteiger charge is 2.23. The maximum absolute atomic E-state index is 13.3. The van der Waals surface area contributed by atoms with Crippen LogP contribution in [-0.2, 0) is 10.0 Å². The van der Waals surface area contributed by atoms with Crippen LogP contribution in [0.2, 0.25) is 0 Å². The molecule has 0 aliphatic carbocycles. The standard InChI is InChI=1S/C23H22N4O5S/c1-26(2)33(29,30)17-11-12-21(31-3)18(14-17)24-23(28)20-15-19(22-10-7-13-32-22)25-27(20)16-8-5-4-6-9-16/h4-15H,1-3H3,(H,24,28). The smallest absolute Gasteiger partial charge is 0.274 e. The molecule has 0 aliphatic rings. The van der Waals surface area contributed by atoms with E-state index in [2.05, 4.69) is 10.4 Å². The molecule has 33 heavy (non-hydrogen) atoms. The minimum absolute atomic E-state index is 0.0245. The normalized spacial score (nSPS) is 11.5. The molecule has 0 fully saturated rings. The van der Waals surface area contributed by atoms with Gasteiger partial charge >= 0.3 is 0 Å². The zero-order chi connectivity index (χ0) is 23.6. The minimum atomic E-state index is -3.70. The number of carbonyl (C=O) groups is 1. The summed E-state index contributed by atoms with van der Waals surface area (Å²) in [5.74, 6) is 0.329. The van der Waals surface area contributed by atoms with Gasteiger partial charge in [-0.25, -0.2) is 17.4 Å². The summed E-state index contributed by atoms with van der Waals surface area (Å²) in [6.45, 7) is 0. The quantitative estimate of drug-likeness (QED) is 0.446. The van der Waals surface area contributed by atoms with Crippen molar-refractivity contribution in [3.05, 3.63) is 78.7 Å². The summed E-state index contributed by atoms with van der Waals surface area (Å²) >= 11 is 0.